The van der Waals surface area contributed by atoms with Gasteiger partial charge in [-0.05, 0) is 24.1 Å². The molecule has 0 saturated carbocycles. The van der Waals surface area contributed by atoms with Gasteiger partial charge in [-0.25, -0.2) is 9.48 Å². The first-order chi connectivity index (χ1) is 8.65. The summed E-state index contributed by atoms with van der Waals surface area (Å²) in [7, 11) is 0. The number of carboxylic acid groups (broad SMARTS) is 1. The third kappa shape index (κ3) is 2.34. The Bertz CT molecular complexity index is 558. The summed E-state index contributed by atoms with van der Waals surface area (Å²) >= 11 is 0. The van der Waals surface area contributed by atoms with Crippen LogP contribution in [0.1, 0.15) is 37.0 Å². The second kappa shape index (κ2) is 5.16. The molecule has 2 aromatic rings. The van der Waals surface area contributed by atoms with E-state index in [4.69, 9.17) is 5.11 Å². The van der Waals surface area contributed by atoms with Crippen molar-refractivity contribution in [1.29, 1.82) is 0 Å². The summed E-state index contributed by atoms with van der Waals surface area (Å²) in [5.41, 5.74) is 1.78. The van der Waals surface area contributed by atoms with Gasteiger partial charge in [-0.2, -0.15) is 0 Å². The number of hydrogen-bond donors (Lipinski definition) is 1. The maximum Gasteiger partial charge on any atom is 0.335 e. The molecule has 1 heterocycles. The molecule has 1 aromatic carbocycles. The van der Waals surface area contributed by atoms with Gasteiger partial charge in [0.1, 0.15) is 5.52 Å². The first kappa shape index (κ1) is 12.5. The molecule has 0 radical (unpaired) electrons. The van der Waals surface area contributed by atoms with Crippen LogP contribution in [0.2, 0.25) is 0 Å². The standard InChI is InChI=1S/C13H17N3O2/c1-3-9(4-2)8-16-12-6-5-10(13(17)18)7-11(12)14-15-16/h5-7,9H,3-4,8H2,1-2H3,(H,17,18). The maximum absolute atomic E-state index is 10.9. The number of aromatic nitrogens is 3. The molecule has 0 saturated heterocycles. The zero-order chi connectivity index (χ0) is 13.1. The molecule has 0 aliphatic carbocycles. The van der Waals surface area contributed by atoms with Crippen molar-refractivity contribution >= 4 is 17.0 Å². The molecule has 1 aromatic heterocycles. The SMILES string of the molecule is CCC(CC)Cn1nnc2cc(C(=O)O)ccc21. The number of fused-ring (bicyclic) bond motifs is 1. The molecular weight excluding hydrogens is 230 g/mol. The van der Waals surface area contributed by atoms with E-state index in [-0.39, 0.29) is 5.56 Å². The van der Waals surface area contributed by atoms with Gasteiger partial charge in [0, 0.05) is 6.54 Å². The zero-order valence-corrected chi connectivity index (χ0v) is 10.6. The monoisotopic (exact) mass is 247 g/mol. The Balaban J connectivity index is 2.34. The number of rotatable bonds is 5. The van der Waals surface area contributed by atoms with E-state index in [9.17, 15) is 4.79 Å². The van der Waals surface area contributed by atoms with Crippen LogP contribution in [0.3, 0.4) is 0 Å². The Labute approximate surface area is 105 Å². The second-order valence-corrected chi connectivity index (χ2v) is 4.46. The van der Waals surface area contributed by atoms with Gasteiger partial charge in [-0.1, -0.05) is 31.9 Å². The van der Waals surface area contributed by atoms with Gasteiger partial charge in [-0.15, -0.1) is 5.10 Å². The summed E-state index contributed by atoms with van der Waals surface area (Å²) in [6.45, 7) is 5.15. The molecule has 0 spiro atoms. The fourth-order valence-electron chi connectivity index (χ4n) is 2.03. The van der Waals surface area contributed by atoms with E-state index in [1.54, 1.807) is 18.2 Å². The quantitative estimate of drug-likeness (QED) is 0.881. The number of hydrogen-bond acceptors (Lipinski definition) is 3. The van der Waals surface area contributed by atoms with E-state index in [0.29, 0.717) is 11.4 Å². The second-order valence-electron chi connectivity index (χ2n) is 4.46. The van der Waals surface area contributed by atoms with Crippen LogP contribution in [0.5, 0.6) is 0 Å². The maximum atomic E-state index is 10.9. The Morgan fingerprint density at radius 3 is 2.72 bits per heavy atom. The molecule has 0 unspecified atom stereocenters. The minimum Gasteiger partial charge on any atom is -0.478 e. The smallest absolute Gasteiger partial charge is 0.335 e. The van der Waals surface area contributed by atoms with Crippen LogP contribution in [0.4, 0.5) is 0 Å². The van der Waals surface area contributed by atoms with E-state index in [1.807, 2.05) is 4.68 Å². The highest BCUT2D eigenvalue weighted by atomic mass is 16.4. The van der Waals surface area contributed by atoms with Crippen LogP contribution >= 0.6 is 0 Å². The van der Waals surface area contributed by atoms with E-state index in [0.717, 1.165) is 24.9 Å². The molecule has 0 atom stereocenters. The molecule has 1 N–H and O–H groups in total. The molecular formula is C13H17N3O2. The van der Waals surface area contributed by atoms with Crippen LogP contribution in [-0.4, -0.2) is 26.1 Å². The molecule has 2 rings (SSSR count). The van der Waals surface area contributed by atoms with Gasteiger partial charge in [0.2, 0.25) is 0 Å². The van der Waals surface area contributed by atoms with Crippen molar-refractivity contribution in [3.63, 3.8) is 0 Å². The van der Waals surface area contributed by atoms with Crippen molar-refractivity contribution in [2.75, 3.05) is 0 Å². The summed E-state index contributed by atoms with van der Waals surface area (Å²) in [5.74, 6) is -0.361. The summed E-state index contributed by atoms with van der Waals surface area (Å²) in [4.78, 5) is 10.9. The Morgan fingerprint density at radius 2 is 2.11 bits per heavy atom. The lowest BCUT2D eigenvalue weighted by Gasteiger charge is -2.11. The number of carbonyl (C=O) groups is 1. The first-order valence-electron chi connectivity index (χ1n) is 6.22. The predicted molar refractivity (Wildman–Crippen MR) is 68.6 cm³/mol. The topological polar surface area (TPSA) is 68.0 Å². The zero-order valence-electron chi connectivity index (χ0n) is 10.6. The van der Waals surface area contributed by atoms with Crippen molar-refractivity contribution < 1.29 is 9.90 Å². The molecule has 0 aliphatic heterocycles. The van der Waals surface area contributed by atoms with E-state index < -0.39 is 5.97 Å². The fraction of sp³-hybridized carbons (Fsp3) is 0.462. The van der Waals surface area contributed by atoms with Crippen molar-refractivity contribution in [3.8, 4) is 0 Å². The lowest BCUT2D eigenvalue weighted by Crippen LogP contribution is -2.10. The van der Waals surface area contributed by atoms with Crippen LogP contribution in [0.15, 0.2) is 18.2 Å². The first-order valence-corrected chi connectivity index (χ1v) is 6.22. The van der Waals surface area contributed by atoms with E-state index in [1.165, 1.54) is 0 Å². The number of benzene rings is 1. The number of aromatic carboxylic acids is 1. The predicted octanol–water partition coefficient (Wildman–Crippen LogP) is 2.57. The fourth-order valence-corrected chi connectivity index (χ4v) is 2.03. The summed E-state index contributed by atoms with van der Waals surface area (Å²) < 4.78 is 1.86. The Hall–Kier alpha value is -1.91. The lowest BCUT2D eigenvalue weighted by molar-refractivity contribution is 0.0697. The molecule has 0 bridgehead atoms. The molecule has 5 nitrogen and oxygen atoms in total. The Morgan fingerprint density at radius 1 is 1.39 bits per heavy atom. The third-order valence-corrected chi connectivity index (χ3v) is 3.35. The highest BCUT2D eigenvalue weighted by Crippen LogP contribution is 2.17. The van der Waals surface area contributed by atoms with Gasteiger partial charge in [0.05, 0.1) is 11.1 Å². The van der Waals surface area contributed by atoms with Crippen molar-refractivity contribution in [1.82, 2.24) is 15.0 Å². The van der Waals surface area contributed by atoms with Gasteiger partial charge in [0.15, 0.2) is 0 Å². The minimum absolute atomic E-state index is 0.247. The number of nitrogens with zero attached hydrogens (tertiary/aromatic N) is 3. The van der Waals surface area contributed by atoms with Crippen LogP contribution < -0.4 is 0 Å². The largest absolute Gasteiger partial charge is 0.478 e. The average Bonchev–Trinajstić information content (AvgIpc) is 2.78. The van der Waals surface area contributed by atoms with Crippen molar-refractivity contribution in [2.45, 2.75) is 33.2 Å². The van der Waals surface area contributed by atoms with E-state index >= 15 is 0 Å². The highest BCUT2D eigenvalue weighted by Gasteiger charge is 2.11. The summed E-state index contributed by atoms with van der Waals surface area (Å²) in [5, 5.41) is 17.1. The minimum atomic E-state index is -0.938. The normalized spacial score (nSPS) is 11.3. The average molecular weight is 247 g/mol. The van der Waals surface area contributed by atoms with Crippen LogP contribution in [0.25, 0.3) is 11.0 Å². The van der Waals surface area contributed by atoms with E-state index in [2.05, 4.69) is 24.2 Å². The Kier molecular flexibility index (Phi) is 3.60. The van der Waals surface area contributed by atoms with Gasteiger partial charge in [-0.3, -0.25) is 0 Å². The molecule has 0 amide bonds. The third-order valence-electron chi connectivity index (χ3n) is 3.35. The van der Waals surface area contributed by atoms with Crippen molar-refractivity contribution in [3.05, 3.63) is 23.8 Å². The van der Waals surface area contributed by atoms with Gasteiger partial charge >= 0.3 is 5.97 Å². The van der Waals surface area contributed by atoms with Gasteiger partial charge < -0.3 is 5.11 Å². The highest BCUT2D eigenvalue weighted by molar-refractivity contribution is 5.92. The van der Waals surface area contributed by atoms with Crippen molar-refractivity contribution in [2.24, 2.45) is 5.92 Å². The lowest BCUT2D eigenvalue weighted by atomic mass is 10.0. The van der Waals surface area contributed by atoms with Crippen LogP contribution in [0, 0.1) is 5.92 Å². The molecule has 18 heavy (non-hydrogen) atoms. The molecule has 0 fully saturated rings. The summed E-state index contributed by atoms with van der Waals surface area (Å²) in [6.07, 6.45) is 2.20. The van der Waals surface area contributed by atoms with Gasteiger partial charge in [0.25, 0.3) is 0 Å². The summed E-state index contributed by atoms with van der Waals surface area (Å²) in [6, 6.07) is 4.94. The van der Waals surface area contributed by atoms with Crippen LogP contribution in [-0.2, 0) is 6.54 Å². The molecule has 0 aliphatic rings. The molecule has 96 valence electrons. The molecule has 5 heteroatoms. The number of carboxylic acids is 1.